The van der Waals surface area contributed by atoms with Crippen molar-refractivity contribution in [3.8, 4) is 0 Å². The number of fused-ring (bicyclic) bond motifs is 1. The summed E-state index contributed by atoms with van der Waals surface area (Å²) >= 11 is 1.75. The van der Waals surface area contributed by atoms with E-state index in [2.05, 4.69) is 69.3 Å². The van der Waals surface area contributed by atoms with Crippen LogP contribution in [0.5, 0.6) is 0 Å². The second-order valence-corrected chi connectivity index (χ2v) is 6.04. The summed E-state index contributed by atoms with van der Waals surface area (Å²) in [6, 6.07) is 14.6. The van der Waals surface area contributed by atoms with E-state index >= 15 is 0 Å². The molecule has 0 unspecified atom stereocenters. The fourth-order valence-electron chi connectivity index (χ4n) is 2.31. The van der Waals surface area contributed by atoms with Crippen LogP contribution >= 0.6 is 11.3 Å². The van der Waals surface area contributed by atoms with Crippen molar-refractivity contribution in [2.75, 3.05) is 6.54 Å². The average Bonchev–Trinajstić information content (AvgIpc) is 3.18. The molecule has 5 heteroatoms. The topological polar surface area (TPSA) is 52.2 Å². The number of aromatic nitrogens is 1. The van der Waals surface area contributed by atoms with Crippen molar-refractivity contribution >= 4 is 28.2 Å². The minimum absolute atomic E-state index is 0.633. The number of guanidine groups is 1. The summed E-state index contributed by atoms with van der Waals surface area (Å²) in [5, 5.41) is 9.96. The van der Waals surface area contributed by atoms with Crippen molar-refractivity contribution in [3.05, 3.63) is 58.4 Å². The van der Waals surface area contributed by atoms with Gasteiger partial charge in [0.2, 0.25) is 0 Å². The van der Waals surface area contributed by atoms with E-state index in [9.17, 15) is 0 Å². The molecule has 0 bridgehead atoms. The lowest BCUT2D eigenvalue weighted by molar-refractivity contribution is 0.820. The molecule has 4 nitrogen and oxygen atoms in total. The number of aromatic amines is 1. The number of benzene rings is 1. The molecule has 1 aromatic carbocycles. The molecule has 0 saturated heterocycles. The predicted molar refractivity (Wildman–Crippen MR) is 94.3 cm³/mol. The molecule has 0 spiro atoms. The first-order chi connectivity index (χ1) is 10.8. The van der Waals surface area contributed by atoms with Gasteiger partial charge in [0.05, 0.1) is 13.1 Å². The molecule has 3 rings (SSSR count). The normalized spacial score (nSPS) is 11.8. The standard InChI is InChI=1S/C17H20N4S/c1-2-18-17(20-12-15-7-5-9-22-15)19-11-14-10-13-6-3-4-8-16(13)21-14/h3-10,21H,2,11-12H2,1H3,(H2,18,19,20). The van der Waals surface area contributed by atoms with Crippen LogP contribution in [0.2, 0.25) is 0 Å². The van der Waals surface area contributed by atoms with Crippen LogP contribution < -0.4 is 10.6 Å². The first-order valence-corrected chi connectivity index (χ1v) is 8.34. The number of rotatable bonds is 5. The molecule has 0 amide bonds. The van der Waals surface area contributed by atoms with Crippen molar-refractivity contribution in [3.63, 3.8) is 0 Å². The van der Waals surface area contributed by atoms with Crippen LogP contribution in [0.4, 0.5) is 0 Å². The maximum absolute atomic E-state index is 4.65. The highest BCUT2D eigenvalue weighted by Gasteiger charge is 2.01. The molecule has 0 saturated carbocycles. The summed E-state index contributed by atoms with van der Waals surface area (Å²) in [4.78, 5) is 9.35. The summed E-state index contributed by atoms with van der Waals surface area (Å²) in [6.45, 7) is 4.36. The smallest absolute Gasteiger partial charge is 0.191 e. The Balaban J connectivity index is 1.66. The number of para-hydroxylation sites is 1. The van der Waals surface area contributed by atoms with Gasteiger partial charge < -0.3 is 15.6 Å². The van der Waals surface area contributed by atoms with Gasteiger partial charge in [0.1, 0.15) is 0 Å². The maximum Gasteiger partial charge on any atom is 0.191 e. The quantitative estimate of drug-likeness (QED) is 0.499. The molecule has 0 atom stereocenters. The largest absolute Gasteiger partial charge is 0.357 e. The van der Waals surface area contributed by atoms with Gasteiger partial charge in [0, 0.05) is 22.6 Å². The fraction of sp³-hybridized carbons (Fsp3) is 0.235. The molecule has 0 aliphatic rings. The fourth-order valence-corrected chi connectivity index (χ4v) is 2.95. The lowest BCUT2D eigenvalue weighted by Gasteiger charge is -2.10. The van der Waals surface area contributed by atoms with Gasteiger partial charge in [-0.2, -0.15) is 0 Å². The van der Waals surface area contributed by atoms with Gasteiger partial charge in [-0.3, -0.25) is 0 Å². The molecule has 2 heterocycles. The van der Waals surface area contributed by atoms with Gasteiger partial charge in [0.15, 0.2) is 5.96 Å². The second-order valence-electron chi connectivity index (χ2n) is 5.01. The third-order valence-corrected chi connectivity index (χ3v) is 4.22. The molecule has 0 aliphatic carbocycles. The van der Waals surface area contributed by atoms with Crippen LogP contribution in [-0.2, 0) is 13.1 Å². The summed E-state index contributed by atoms with van der Waals surface area (Å²) < 4.78 is 0. The van der Waals surface area contributed by atoms with E-state index in [1.54, 1.807) is 11.3 Å². The van der Waals surface area contributed by atoms with Crippen LogP contribution in [0.1, 0.15) is 17.5 Å². The Bertz CT molecular complexity index is 710. The van der Waals surface area contributed by atoms with Gasteiger partial charge >= 0.3 is 0 Å². The zero-order valence-electron chi connectivity index (χ0n) is 12.6. The van der Waals surface area contributed by atoms with Crippen LogP contribution in [0.15, 0.2) is 52.8 Å². The number of nitrogens with one attached hydrogen (secondary N) is 3. The number of H-pyrrole nitrogens is 1. The van der Waals surface area contributed by atoms with Crippen molar-refractivity contribution in [2.24, 2.45) is 4.99 Å². The van der Waals surface area contributed by atoms with E-state index in [0.717, 1.165) is 30.3 Å². The highest BCUT2D eigenvalue weighted by atomic mass is 32.1. The van der Waals surface area contributed by atoms with E-state index in [1.807, 2.05) is 6.07 Å². The van der Waals surface area contributed by atoms with Gasteiger partial charge in [-0.05, 0) is 35.9 Å². The van der Waals surface area contributed by atoms with Gasteiger partial charge in [0.25, 0.3) is 0 Å². The lowest BCUT2D eigenvalue weighted by Crippen LogP contribution is -2.36. The summed E-state index contributed by atoms with van der Waals surface area (Å²) in [6.07, 6.45) is 0. The zero-order valence-corrected chi connectivity index (χ0v) is 13.4. The first-order valence-electron chi connectivity index (χ1n) is 7.46. The number of thiophene rings is 1. The summed E-state index contributed by atoms with van der Waals surface area (Å²) in [7, 11) is 0. The van der Waals surface area contributed by atoms with Gasteiger partial charge in [-0.1, -0.05) is 24.3 Å². The zero-order chi connectivity index (χ0) is 15.2. The Morgan fingerprint density at radius 1 is 1.18 bits per heavy atom. The number of hydrogen-bond acceptors (Lipinski definition) is 2. The van der Waals surface area contributed by atoms with Crippen molar-refractivity contribution < 1.29 is 0 Å². The SMILES string of the molecule is CCNC(=NCc1cc2ccccc2[nH]1)NCc1cccs1. The lowest BCUT2D eigenvalue weighted by atomic mass is 10.2. The molecule has 114 valence electrons. The Kier molecular flexibility index (Phi) is 4.75. The first kappa shape index (κ1) is 14.7. The molecule has 0 aliphatic heterocycles. The van der Waals surface area contributed by atoms with Crippen molar-refractivity contribution in [1.29, 1.82) is 0 Å². The number of nitrogens with zero attached hydrogens (tertiary/aromatic N) is 1. The van der Waals surface area contributed by atoms with Crippen LogP contribution in [0, 0.1) is 0 Å². The molecule has 2 aromatic heterocycles. The monoisotopic (exact) mass is 312 g/mol. The number of hydrogen-bond donors (Lipinski definition) is 3. The average molecular weight is 312 g/mol. The van der Waals surface area contributed by atoms with E-state index in [-0.39, 0.29) is 0 Å². The van der Waals surface area contributed by atoms with Gasteiger partial charge in [-0.25, -0.2) is 4.99 Å². The maximum atomic E-state index is 4.65. The van der Waals surface area contributed by atoms with E-state index in [4.69, 9.17) is 0 Å². The Labute approximate surface area is 134 Å². The summed E-state index contributed by atoms with van der Waals surface area (Å²) in [5.41, 5.74) is 2.28. The van der Waals surface area contributed by atoms with Crippen molar-refractivity contribution in [1.82, 2.24) is 15.6 Å². The van der Waals surface area contributed by atoms with E-state index in [1.165, 1.54) is 10.3 Å². The molecular weight excluding hydrogens is 292 g/mol. The molecule has 3 N–H and O–H groups in total. The van der Waals surface area contributed by atoms with Crippen LogP contribution in [0.25, 0.3) is 10.9 Å². The van der Waals surface area contributed by atoms with Crippen LogP contribution in [0.3, 0.4) is 0 Å². The molecular formula is C17H20N4S. The highest BCUT2D eigenvalue weighted by molar-refractivity contribution is 7.09. The van der Waals surface area contributed by atoms with E-state index in [0.29, 0.717) is 6.54 Å². The Hall–Kier alpha value is -2.27. The summed E-state index contributed by atoms with van der Waals surface area (Å²) in [5.74, 6) is 0.842. The third-order valence-electron chi connectivity index (χ3n) is 3.35. The minimum atomic E-state index is 0.633. The molecule has 22 heavy (non-hydrogen) atoms. The third kappa shape index (κ3) is 3.68. The Morgan fingerprint density at radius 2 is 2.09 bits per heavy atom. The number of aliphatic imine (C=N–C) groups is 1. The Morgan fingerprint density at radius 3 is 2.86 bits per heavy atom. The van der Waals surface area contributed by atoms with Gasteiger partial charge in [-0.15, -0.1) is 11.3 Å². The second kappa shape index (κ2) is 7.13. The predicted octanol–water partition coefficient (Wildman–Crippen LogP) is 3.48. The van der Waals surface area contributed by atoms with Crippen LogP contribution in [-0.4, -0.2) is 17.5 Å². The van der Waals surface area contributed by atoms with E-state index < -0.39 is 0 Å². The highest BCUT2D eigenvalue weighted by Crippen LogP contribution is 2.15. The minimum Gasteiger partial charge on any atom is -0.357 e. The van der Waals surface area contributed by atoms with Crippen molar-refractivity contribution in [2.45, 2.75) is 20.0 Å². The molecule has 0 fully saturated rings. The molecule has 3 aromatic rings. The molecule has 0 radical (unpaired) electrons.